The second kappa shape index (κ2) is 5.81. The maximum atomic E-state index is 9.26. The van der Waals surface area contributed by atoms with E-state index in [1.54, 1.807) is 0 Å². The Kier molecular flexibility index (Phi) is 4.13. The van der Waals surface area contributed by atoms with E-state index in [1.165, 1.54) is 5.56 Å². The van der Waals surface area contributed by atoms with Gasteiger partial charge in [-0.2, -0.15) is 0 Å². The minimum Gasteiger partial charge on any atom is -0.396 e. The van der Waals surface area contributed by atoms with Gasteiger partial charge in [0.25, 0.3) is 0 Å². The molecule has 1 saturated heterocycles. The second-order valence-corrected chi connectivity index (χ2v) is 4.75. The number of likely N-dealkylation sites (tertiary alicyclic amines) is 1. The van der Waals surface area contributed by atoms with Crippen LogP contribution in [0.5, 0.6) is 0 Å². The molecule has 1 aromatic rings. The van der Waals surface area contributed by atoms with E-state index in [0.29, 0.717) is 0 Å². The lowest BCUT2D eigenvalue weighted by Gasteiger charge is -2.32. The number of aliphatic hydroxyl groups excluding tert-OH is 1. The smallest absolute Gasteiger partial charge is 0.236 e. The molecule has 0 aliphatic carbocycles. The van der Waals surface area contributed by atoms with Gasteiger partial charge in [-0.1, -0.05) is 30.3 Å². The molecule has 1 aromatic carbocycles. The van der Waals surface area contributed by atoms with E-state index in [1.807, 2.05) is 18.2 Å². The number of benzene rings is 1. The third kappa shape index (κ3) is 3.29. The number of hydrogen-bond donors (Lipinski definition) is 1. The van der Waals surface area contributed by atoms with Crippen molar-refractivity contribution in [2.24, 2.45) is 5.92 Å². The van der Waals surface area contributed by atoms with Gasteiger partial charge in [-0.3, -0.25) is 4.90 Å². The van der Waals surface area contributed by atoms with E-state index < -0.39 is 0 Å². The Bertz CT molecular complexity index is 385. The molecule has 0 unspecified atom stereocenters. The van der Waals surface area contributed by atoms with Crippen LogP contribution in [0.1, 0.15) is 12.0 Å². The van der Waals surface area contributed by atoms with Gasteiger partial charge in [0.2, 0.25) is 6.04 Å². The third-order valence-corrected chi connectivity index (χ3v) is 3.28. The molecular formula is C14H18N2O. The molecule has 0 aromatic heterocycles. The van der Waals surface area contributed by atoms with Crippen LogP contribution in [-0.4, -0.2) is 35.7 Å². The third-order valence-electron chi connectivity index (χ3n) is 3.28. The number of hydrogen-bond acceptors (Lipinski definition) is 2. The minimum absolute atomic E-state index is 0.0459. The Morgan fingerprint density at radius 3 is 2.71 bits per heavy atom. The van der Waals surface area contributed by atoms with Gasteiger partial charge in [0.15, 0.2) is 0 Å². The molecule has 0 saturated carbocycles. The molecule has 1 aliphatic heterocycles. The summed E-state index contributed by atoms with van der Waals surface area (Å²) in [6, 6.07) is 10.3. The van der Waals surface area contributed by atoms with Crippen LogP contribution in [0.15, 0.2) is 30.3 Å². The fraction of sp³-hybridized carbons (Fsp3) is 0.500. The minimum atomic E-state index is 0.0459. The van der Waals surface area contributed by atoms with Gasteiger partial charge in [-0.25, -0.2) is 6.57 Å². The van der Waals surface area contributed by atoms with Crippen molar-refractivity contribution in [2.45, 2.75) is 19.0 Å². The van der Waals surface area contributed by atoms with E-state index in [9.17, 15) is 5.11 Å². The van der Waals surface area contributed by atoms with Crippen molar-refractivity contribution in [1.82, 2.24) is 4.90 Å². The maximum Gasteiger partial charge on any atom is 0.236 e. The van der Waals surface area contributed by atoms with Crippen LogP contribution in [0, 0.1) is 12.5 Å². The predicted octanol–water partition coefficient (Wildman–Crippen LogP) is 1.79. The molecule has 17 heavy (non-hydrogen) atoms. The Morgan fingerprint density at radius 2 is 2.06 bits per heavy atom. The molecule has 1 N–H and O–H groups in total. The van der Waals surface area contributed by atoms with Gasteiger partial charge in [-0.15, -0.1) is 0 Å². The fourth-order valence-corrected chi connectivity index (χ4v) is 2.47. The lowest BCUT2D eigenvalue weighted by atomic mass is 9.95. The zero-order chi connectivity index (χ0) is 12.1. The van der Waals surface area contributed by atoms with Crippen LogP contribution in [0.2, 0.25) is 0 Å². The highest BCUT2D eigenvalue weighted by atomic mass is 16.3. The molecule has 2 rings (SSSR count). The lowest BCUT2D eigenvalue weighted by Crippen LogP contribution is -2.42. The molecule has 0 spiro atoms. The summed E-state index contributed by atoms with van der Waals surface area (Å²) in [6.45, 7) is 9.95. The van der Waals surface area contributed by atoms with Crippen molar-refractivity contribution in [3.63, 3.8) is 0 Å². The summed E-state index contributed by atoms with van der Waals surface area (Å²) in [6.07, 6.45) is 0.839. The summed E-state index contributed by atoms with van der Waals surface area (Å²) in [5.74, 6) is 0.256. The average molecular weight is 230 g/mol. The quantitative estimate of drug-likeness (QED) is 0.802. The van der Waals surface area contributed by atoms with E-state index in [-0.39, 0.29) is 18.6 Å². The highest BCUT2D eigenvalue weighted by Crippen LogP contribution is 2.20. The number of nitrogens with zero attached hydrogens (tertiary/aromatic N) is 2. The average Bonchev–Trinajstić information content (AvgIpc) is 2.39. The largest absolute Gasteiger partial charge is 0.396 e. The summed E-state index contributed by atoms with van der Waals surface area (Å²) >= 11 is 0. The van der Waals surface area contributed by atoms with Crippen LogP contribution in [0.25, 0.3) is 4.85 Å². The Balaban J connectivity index is 1.98. The molecule has 0 radical (unpaired) electrons. The standard InChI is InChI=1S/C14H18N2O/c1-15-14-7-13(11-17)9-16(10-14)8-12-5-3-2-4-6-12/h2-6,13-14,17H,7-11H2/t13-,14+/m1/s1. The first-order valence-corrected chi connectivity index (χ1v) is 6.05. The van der Waals surface area contributed by atoms with Crippen LogP contribution in [-0.2, 0) is 6.54 Å². The van der Waals surface area contributed by atoms with Crippen molar-refractivity contribution in [3.8, 4) is 0 Å². The normalized spacial score (nSPS) is 25.4. The van der Waals surface area contributed by atoms with E-state index >= 15 is 0 Å². The van der Waals surface area contributed by atoms with Crippen LogP contribution >= 0.6 is 0 Å². The van der Waals surface area contributed by atoms with Gasteiger partial charge in [0, 0.05) is 32.0 Å². The van der Waals surface area contributed by atoms with Crippen LogP contribution < -0.4 is 0 Å². The van der Waals surface area contributed by atoms with Crippen molar-refractivity contribution in [3.05, 3.63) is 47.3 Å². The summed E-state index contributed by atoms with van der Waals surface area (Å²) in [5, 5.41) is 9.26. The van der Waals surface area contributed by atoms with Crippen molar-refractivity contribution < 1.29 is 5.11 Å². The Labute approximate surface area is 103 Å². The molecule has 0 bridgehead atoms. The molecule has 1 heterocycles. The topological polar surface area (TPSA) is 27.8 Å². The predicted molar refractivity (Wildman–Crippen MR) is 67.3 cm³/mol. The summed E-state index contributed by atoms with van der Waals surface area (Å²) < 4.78 is 0. The summed E-state index contributed by atoms with van der Waals surface area (Å²) in [5.41, 5.74) is 1.27. The molecule has 0 amide bonds. The van der Waals surface area contributed by atoms with E-state index in [2.05, 4.69) is 21.9 Å². The zero-order valence-electron chi connectivity index (χ0n) is 9.92. The monoisotopic (exact) mass is 230 g/mol. The molecule has 1 fully saturated rings. The van der Waals surface area contributed by atoms with Crippen LogP contribution in [0.4, 0.5) is 0 Å². The molecule has 90 valence electrons. The van der Waals surface area contributed by atoms with Gasteiger partial charge < -0.3 is 9.95 Å². The summed E-state index contributed by atoms with van der Waals surface area (Å²) in [7, 11) is 0. The van der Waals surface area contributed by atoms with E-state index in [4.69, 9.17) is 6.57 Å². The maximum absolute atomic E-state index is 9.26. The number of aliphatic hydroxyl groups is 1. The van der Waals surface area contributed by atoms with Gasteiger partial charge in [0.1, 0.15) is 0 Å². The fourth-order valence-electron chi connectivity index (χ4n) is 2.47. The highest BCUT2D eigenvalue weighted by Gasteiger charge is 2.30. The SMILES string of the molecule is [C-]#[N+][C@H]1C[C@@H](CO)CN(Cc2ccccc2)C1. The second-order valence-electron chi connectivity index (χ2n) is 4.75. The summed E-state index contributed by atoms with van der Waals surface area (Å²) in [4.78, 5) is 5.91. The zero-order valence-corrected chi connectivity index (χ0v) is 9.92. The van der Waals surface area contributed by atoms with Crippen LogP contribution in [0.3, 0.4) is 0 Å². The Hall–Kier alpha value is -1.37. The van der Waals surface area contributed by atoms with Gasteiger partial charge in [0.05, 0.1) is 6.54 Å². The van der Waals surface area contributed by atoms with Crippen molar-refractivity contribution >= 4 is 0 Å². The first-order chi connectivity index (χ1) is 8.31. The molecule has 3 heteroatoms. The van der Waals surface area contributed by atoms with Crippen molar-refractivity contribution in [1.29, 1.82) is 0 Å². The molecule has 1 aliphatic rings. The first-order valence-electron chi connectivity index (χ1n) is 6.05. The lowest BCUT2D eigenvalue weighted by molar-refractivity contribution is 0.111. The Morgan fingerprint density at radius 1 is 1.29 bits per heavy atom. The van der Waals surface area contributed by atoms with Gasteiger partial charge in [-0.05, 0) is 5.56 Å². The number of rotatable bonds is 3. The highest BCUT2D eigenvalue weighted by molar-refractivity contribution is 5.14. The van der Waals surface area contributed by atoms with Crippen molar-refractivity contribution in [2.75, 3.05) is 19.7 Å². The molecule has 3 nitrogen and oxygen atoms in total. The first kappa shape index (κ1) is 12.1. The van der Waals surface area contributed by atoms with E-state index in [0.717, 1.165) is 26.1 Å². The number of piperidine rings is 1. The molecular weight excluding hydrogens is 212 g/mol. The molecule has 2 atom stereocenters. The van der Waals surface area contributed by atoms with Gasteiger partial charge >= 0.3 is 0 Å².